The molecule has 0 bridgehead atoms. The average Bonchev–Trinajstić information content (AvgIpc) is 2.46. The minimum absolute atomic E-state index is 0.0278. The predicted octanol–water partition coefficient (Wildman–Crippen LogP) is -1.32. The summed E-state index contributed by atoms with van der Waals surface area (Å²) >= 11 is 0. The van der Waals surface area contributed by atoms with Gasteiger partial charge in [0.25, 0.3) is 0 Å². The Kier molecular flexibility index (Phi) is 20.7. The number of hydrogen-bond donors (Lipinski definition) is 6. The van der Waals surface area contributed by atoms with Gasteiger partial charge in [-0.3, -0.25) is 0 Å². The molecule has 0 spiro atoms. The van der Waals surface area contributed by atoms with Crippen LogP contribution in [0.5, 0.6) is 0 Å². The molecule has 0 aromatic heterocycles. The summed E-state index contributed by atoms with van der Waals surface area (Å²) in [4.78, 5) is 19.5. The summed E-state index contributed by atoms with van der Waals surface area (Å²) in [6, 6.07) is 0. The Hall–Kier alpha value is -1.30. The highest BCUT2D eigenvalue weighted by Gasteiger charge is 2.29. The first-order valence-corrected chi connectivity index (χ1v) is 7.27. The second kappa shape index (κ2) is 18.0. The number of aliphatic hydroxyl groups excluding tert-OH is 4. The van der Waals surface area contributed by atoms with Crippen molar-refractivity contribution in [3.63, 3.8) is 0 Å². The predicted molar refractivity (Wildman–Crippen MR) is 83.6 cm³/mol. The first kappa shape index (κ1) is 27.5. The Bertz CT molecular complexity index is 278. The van der Waals surface area contributed by atoms with E-state index in [2.05, 4.69) is 4.74 Å². The summed E-state index contributed by atoms with van der Waals surface area (Å²) in [5.41, 5.74) is 0. The number of aliphatic hydroxyl groups is 4. The maximum absolute atomic E-state index is 9.77. The van der Waals surface area contributed by atoms with Crippen LogP contribution in [-0.2, 0) is 19.1 Å². The Balaban J connectivity index is -0.000000283. The highest BCUT2D eigenvalue weighted by atomic mass is 16.5. The molecule has 2 atom stereocenters. The molecule has 2 unspecified atom stereocenters. The molecule has 0 aromatic carbocycles. The molecule has 10 nitrogen and oxygen atoms in total. The second-order valence-electron chi connectivity index (χ2n) is 4.86. The molecule has 0 rings (SSSR count). The fourth-order valence-electron chi connectivity index (χ4n) is 1.05. The van der Waals surface area contributed by atoms with Gasteiger partial charge in [0.15, 0.2) is 12.2 Å². The molecule has 0 fully saturated rings. The van der Waals surface area contributed by atoms with Crippen molar-refractivity contribution in [3.05, 3.63) is 0 Å². The highest BCUT2D eigenvalue weighted by Crippen LogP contribution is 1.93. The van der Waals surface area contributed by atoms with Gasteiger partial charge < -0.3 is 40.1 Å². The van der Waals surface area contributed by atoms with Gasteiger partial charge in [0.05, 0.1) is 38.6 Å². The van der Waals surface area contributed by atoms with E-state index in [0.29, 0.717) is 25.4 Å². The van der Waals surface area contributed by atoms with E-state index in [1.54, 1.807) is 0 Å². The molecule has 0 saturated carbocycles. The molecule has 0 aliphatic carbocycles. The van der Waals surface area contributed by atoms with Crippen molar-refractivity contribution in [2.45, 2.75) is 52.1 Å². The van der Waals surface area contributed by atoms with Gasteiger partial charge in [-0.2, -0.15) is 0 Å². The lowest BCUT2D eigenvalue weighted by Gasteiger charge is -2.09. The third-order valence-electron chi connectivity index (χ3n) is 1.82. The summed E-state index contributed by atoms with van der Waals surface area (Å²) in [5.74, 6) is -3.54. The van der Waals surface area contributed by atoms with E-state index in [1.165, 1.54) is 0 Å². The topological polar surface area (TPSA) is 174 Å². The Labute approximate surface area is 141 Å². The van der Waals surface area contributed by atoms with Crippen LogP contribution in [0.2, 0.25) is 0 Å². The van der Waals surface area contributed by atoms with Crippen molar-refractivity contribution < 1.29 is 49.7 Å². The van der Waals surface area contributed by atoms with Crippen LogP contribution in [0.1, 0.15) is 27.7 Å². The van der Waals surface area contributed by atoms with Crippen LogP contribution < -0.4 is 0 Å². The minimum Gasteiger partial charge on any atom is -0.479 e. The molecule has 6 N–H and O–H groups in total. The molecule has 0 heterocycles. The van der Waals surface area contributed by atoms with Crippen LogP contribution >= 0.6 is 0 Å². The van der Waals surface area contributed by atoms with E-state index in [0.717, 1.165) is 0 Å². The van der Waals surface area contributed by atoms with E-state index < -0.39 is 24.1 Å². The summed E-state index contributed by atoms with van der Waals surface area (Å²) in [5, 5.41) is 48.7. The SMILES string of the molecule is CC(C)OC(C)C.O=C(O)C(O)C(O)C(=O)O.OCCOCCO. The molecule has 0 saturated heterocycles. The smallest absolute Gasteiger partial charge is 0.335 e. The molecule has 0 amide bonds. The van der Waals surface area contributed by atoms with Gasteiger partial charge in [0.1, 0.15) is 0 Å². The van der Waals surface area contributed by atoms with Crippen LogP contribution in [0.3, 0.4) is 0 Å². The molecule has 0 aliphatic rings. The van der Waals surface area contributed by atoms with E-state index in [4.69, 9.17) is 35.4 Å². The molecule has 24 heavy (non-hydrogen) atoms. The molecular weight excluding hydrogens is 328 g/mol. The summed E-state index contributed by atoms with van der Waals surface area (Å²) in [6.45, 7) is 8.86. The molecular formula is C14H30O10. The largest absolute Gasteiger partial charge is 0.479 e. The van der Waals surface area contributed by atoms with E-state index in [9.17, 15) is 9.59 Å². The third-order valence-corrected chi connectivity index (χ3v) is 1.82. The van der Waals surface area contributed by atoms with Crippen LogP contribution in [0.25, 0.3) is 0 Å². The van der Waals surface area contributed by atoms with Gasteiger partial charge in [-0.25, -0.2) is 9.59 Å². The third kappa shape index (κ3) is 23.0. The normalized spacial score (nSPS) is 12.6. The quantitative estimate of drug-likeness (QED) is 0.271. The van der Waals surface area contributed by atoms with Crippen molar-refractivity contribution in [2.75, 3.05) is 26.4 Å². The monoisotopic (exact) mass is 358 g/mol. The molecule has 0 radical (unpaired) electrons. The lowest BCUT2D eigenvalue weighted by molar-refractivity contribution is -0.165. The van der Waals surface area contributed by atoms with E-state index >= 15 is 0 Å². The van der Waals surface area contributed by atoms with Crippen molar-refractivity contribution in [1.82, 2.24) is 0 Å². The Morgan fingerprint density at radius 2 is 1.08 bits per heavy atom. The van der Waals surface area contributed by atoms with Crippen molar-refractivity contribution in [2.24, 2.45) is 0 Å². The van der Waals surface area contributed by atoms with E-state index in [-0.39, 0.29) is 13.2 Å². The first-order chi connectivity index (χ1) is 11.0. The Morgan fingerprint density at radius 1 is 0.792 bits per heavy atom. The lowest BCUT2D eigenvalue weighted by atomic mass is 10.2. The summed E-state index contributed by atoms with van der Waals surface area (Å²) in [7, 11) is 0. The highest BCUT2D eigenvalue weighted by molar-refractivity contribution is 5.83. The number of carboxylic acid groups (broad SMARTS) is 2. The standard InChI is InChI=1S/C6H14O.C4H6O6.C4H10O3/c1-5(2)7-6(3)4;5-1(3(7)8)2(6)4(9)10;5-1-3-7-4-2-6/h5-6H,1-4H3;1-2,5-6H,(H,7,8)(H,9,10);5-6H,1-4H2. The van der Waals surface area contributed by atoms with Gasteiger partial charge in [0, 0.05) is 0 Å². The number of rotatable bonds is 9. The number of carbonyl (C=O) groups is 2. The van der Waals surface area contributed by atoms with Crippen molar-refractivity contribution >= 4 is 11.9 Å². The van der Waals surface area contributed by atoms with Gasteiger partial charge in [0.2, 0.25) is 0 Å². The number of hydrogen-bond acceptors (Lipinski definition) is 8. The maximum atomic E-state index is 9.77. The summed E-state index contributed by atoms with van der Waals surface area (Å²) < 4.78 is 9.88. The molecule has 0 aliphatic heterocycles. The lowest BCUT2D eigenvalue weighted by Crippen LogP contribution is -2.39. The van der Waals surface area contributed by atoms with Gasteiger partial charge in [-0.1, -0.05) is 0 Å². The van der Waals surface area contributed by atoms with Crippen LogP contribution in [0, 0.1) is 0 Å². The molecule has 146 valence electrons. The second-order valence-corrected chi connectivity index (χ2v) is 4.86. The van der Waals surface area contributed by atoms with Gasteiger partial charge in [-0.15, -0.1) is 0 Å². The first-order valence-electron chi connectivity index (χ1n) is 7.27. The van der Waals surface area contributed by atoms with Gasteiger partial charge >= 0.3 is 11.9 Å². The fraction of sp³-hybridized carbons (Fsp3) is 0.857. The Morgan fingerprint density at radius 3 is 1.21 bits per heavy atom. The fourth-order valence-corrected chi connectivity index (χ4v) is 1.05. The zero-order valence-electron chi connectivity index (χ0n) is 14.5. The average molecular weight is 358 g/mol. The zero-order chi connectivity index (χ0) is 19.7. The zero-order valence-corrected chi connectivity index (χ0v) is 14.5. The number of aliphatic carboxylic acids is 2. The number of carboxylic acids is 2. The molecule has 0 aromatic rings. The van der Waals surface area contributed by atoms with Crippen LogP contribution in [0.15, 0.2) is 0 Å². The number of ether oxygens (including phenoxy) is 2. The van der Waals surface area contributed by atoms with Crippen molar-refractivity contribution in [3.8, 4) is 0 Å². The van der Waals surface area contributed by atoms with Crippen molar-refractivity contribution in [1.29, 1.82) is 0 Å². The van der Waals surface area contributed by atoms with Gasteiger partial charge in [-0.05, 0) is 27.7 Å². The summed E-state index contributed by atoms with van der Waals surface area (Å²) in [6.07, 6.45) is -3.78. The van der Waals surface area contributed by atoms with Crippen LogP contribution in [-0.4, -0.2) is 93.4 Å². The van der Waals surface area contributed by atoms with E-state index in [1.807, 2.05) is 27.7 Å². The maximum Gasteiger partial charge on any atom is 0.335 e. The molecule has 10 heteroatoms. The van der Waals surface area contributed by atoms with Crippen LogP contribution in [0.4, 0.5) is 0 Å². The minimum atomic E-state index is -2.27.